The molecule has 1 amide bonds. The fourth-order valence-electron chi connectivity index (χ4n) is 1.39. The number of halogens is 2. The van der Waals surface area contributed by atoms with Crippen molar-refractivity contribution < 1.29 is 4.79 Å². The first kappa shape index (κ1) is 15.0. The fourth-order valence-corrected chi connectivity index (χ4v) is 2.99. The van der Waals surface area contributed by atoms with Gasteiger partial charge in [0, 0.05) is 12.4 Å². The minimum Gasteiger partial charge on any atom is -0.351 e. The maximum Gasteiger partial charge on any atom is 0.261 e. The van der Waals surface area contributed by atoms with Crippen LogP contribution in [0.1, 0.15) is 35.0 Å². The molecule has 5 heteroatoms. The van der Waals surface area contributed by atoms with Crippen molar-refractivity contribution in [3.63, 3.8) is 0 Å². The van der Waals surface area contributed by atoms with Crippen LogP contribution in [0.25, 0.3) is 0 Å². The Bertz CT molecular complexity index is 361. The van der Waals surface area contributed by atoms with Gasteiger partial charge in [0.2, 0.25) is 0 Å². The zero-order chi connectivity index (χ0) is 12.8. The zero-order valence-electron chi connectivity index (χ0n) is 10.1. The maximum absolute atomic E-state index is 11.8. The molecule has 17 heavy (non-hydrogen) atoms. The van der Waals surface area contributed by atoms with E-state index in [0.29, 0.717) is 18.3 Å². The van der Waals surface area contributed by atoms with Gasteiger partial charge in [-0.2, -0.15) is 0 Å². The van der Waals surface area contributed by atoms with Gasteiger partial charge in [0.15, 0.2) is 0 Å². The summed E-state index contributed by atoms with van der Waals surface area (Å²) in [7, 11) is 0. The lowest BCUT2D eigenvalue weighted by Crippen LogP contribution is -2.23. The average molecular weight is 339 g/mol. The minimum absolute atomic E-state index is 0.0160. The molecule has 1 unspecified atom stereocenters. The van der Waals surface area contributed by atoms with Crippen LogP contribution >= 0.6 is 38.9 Å². The predicted octanol–water partition coefficient (Wildman–Crippen LogP) is 4.20. The van der Waals surface area contributed by atoms with E-state index < -0.39 is 0 Å². The van der Waals surface area contributed by atoms with E-state index >= 15 is 0 Å². The summed E-state index contributed by atoms with van der Waals surface area (Å²) < 4.78 is 1.03. The van der Waals surface area contributed by atoms with Gasteiger partial charge in [-0.25, -0.2) is 0 Å². The third-order valence-corrected chi connectivity index (χ3v) is 5.17. The van der Waals surface area contributed by atoms with E-state index in [2.05, 4.69) is 28.2 Å². The Hall–Kier alpha value is -0.0600. The molecule has 0 aliphatic heterocycles. The lowest BCUT2D eigenvalue weighted by atomic mass is 10.1. The van der Waals surface area contributed by atoms with Gasteiger partial charge in [-0.1, -0.05) is 6.92 Å². The highest BCUT2D eigenvalue weighted by molar-refractivity contribution is 9.11. The second-order valence-electron chi connectivity index (χ2n) is 4.22. The van der Waals surface area contributed by atoms with E-state index in [-0.39, 0.29) is 5.91 Å². The highest BCUT2D eigenvalue weighted by Gasteiger charge is 2.10. The highest BCUT2D eigenvalue weighted by Crippen LogP contribution is 2.27. The van der Waals surface area contributed by atoms with Gasteiger partial charge < -0.3 is 5.32 Å². The number of carbonyl (C=O) groups excluding carboxylic acids is 1. The highest BCUT2D eigenvalue weighted by atomic mass is 79.9. The van der Waals surface area contributed by atoms with Gasteiger partial charge >= 0.3 is 0 Å². The van der Waals surface area contributed by atoms with Gasteiger partial charge in [0.1, 0.15) is 0 Å². The van der Waals surface area contributed by atoms with Gasteiger partial charge in [0.05, 0.1) is 8.66 Å². The molecule has 0 radical (unpaired) electrons. The number of rotatable bonds is 6. The second kappa shape index (κ2) is 7.39. The Balaban J connectivity index is 2.30. The van der Waals surface area contributed by atoms with Crippen molar-refractivity contribution >= 4 is 44.8 Å². The van der Waals surface area contributed by atoms with Crippen LogP contribution < -0.4 is 5.32 Å². The topological polar surface area (TPSA) is 29.1 Å². The first-order valence-electron chi connectivity index (χ1n) is 5.64. The van der Waals surface area contributed by atoms with Crippen LogP contribution in [0.5, 0.6) is 0 Å². The summed E-state index contributed by atoms with van der Waals surface area (Å²) in [6.07, 6.45) is 2.03. The average Bonchev–Trinajstić information content (AvgIpc) is 2.64. The molecule has 0 saturated heterocycles. The Morgan fingerprint density at radius 3 is 2.88 bits per heavy atom. The monoisotopic (exact) mass is 337 g/mol. The summed E-state index contributed by atoms with van der Waals surface area (Å²) >= 11 is 10.6. The molecule has 96 valence electrons. The largest absolute Gasteiger partial charge is 0.351 e. The van der Waals surface area contributed by atoms with Gasteiger partial charge in [-0.05, 0) is 53.2 Å². The summed E-state index contributed by atoms with van der Waals surface area (Å²) in [6.45, 7) is 4.82. The molecule has 1 aromatic rings. The predicted molar refractivity (Wildman–Crippen MR) is 78.2 cm³/mol. The molecule has 0 saturated carbocycles. The number of amides is 1. The quantitative estimate of drug-likeness (QED) is 0.611. The lowest BCUT2D eigenvalue weighted by Gasteiger charge is -2.07. The first-order valence-corrected chi connectivity index (χ1v) is 7.79. The fraction of sp³-hybridized carbons (Fsp3) is 0.583. The Morgan fingerprint density at radius 1 is 1.65 bits per heavy atom. The van der Waals surface area contributed by atoms with E-state index in [1.54, 1.807) is 0 Å². The molecule has 0 bridgehead atoms. The summed E-state index contributed by atoms with van der Waals surface area (Å²) in [4.78, 5) is 12.5. The van der Waals surface area contributed by atoms with Crippen LogP contribution in [-0.2, 0) is 0 Å². The number of hydrogen-bond acceptors (Lipinski definition) is 2. The van der Waals surface area contributed by atoms with Crippen LogP contribution in [0.4, 0.5) is 0 Å². The first-order chi connectivity index (χ1) is 8.04. The SMILES string of the molecule is Cc1cc(C(=O)NCCCC(C)CCl)sc1Br. The number of carbonyl (C=O) groups is 1. The van der Waals surface area contributed by atoms with Crippen molar-refractivity contribution in [2.24, 2.45) is 5.92 Å². The minimum atomic E-state index is 0.0160. The Labute approximate surface area is 120 Å². The third-order valence-electron chi connectivity index (χ3n) is 2.50. The van der Waals surface area contributed by atoms with Crippen molar-refractivity contribution in [1.82, 2.24) is 5.32 Å². The second-order valence-corrected chi connectivity index (χ2v) is 6.90. The van der Waals surface area contributed by atoms with E-state index in [4.69, 9.17) is 11.6 Å². The van der Waals surface area contributed by atoms with Gasteiger partial charge in [0.25, 0.3) is 5.91 Å². The molecule has 0 fully saturated rings. The van der Waals surface area contributed by atoms with Crippen molar-refractivity contribution in [3.8, 4) is 0 Å². The molecule has 2 nitrogen and oxygen atoms in total. The number of alkyl halides is 1. The Kier molecular flexibility index (Phi) is 6.52. The van der Waals surface area contributed by atoms with Crippen molar-refractivity contribution in [2.45, 2.75) is 26.7 Å². The lowest BCUT2D eigenvalue weighted by molar-refractivity contribution is 0.0956. The standard InChI is InChI=1S/C12H17BrClNOS/c1-8(7-14)4-3-5-15-12(16)10-6-9(2)11(13)17-10/h6,8H,3-5,7H2,1-2H3,(H,15,16). The zero-order valence-corrected chi connectivity index (χ0v) is 13.2. The van der Waals surface area contributed by atoms with Gasteiger partial charge in [-0.15, -0.1) is 22.9 Å². The molecule has 0 spiro atoms. The van der Waals surface area contributed by atoms with E-state index in [0.717, 1.165) is 27.1 Å². The van der Waals surface area contributed by atoms with Crippen molar-refractivity contribution in [2.75, 3.05) is 12.4 Å². The molecular weight excluding hydrogens is 322 g/mol. The van der Waals surface area contributed by atoms with Crippen LogP contribution in [0.3, 0.4) is 0 Å². The molecule has 0 aliphatic carbocycles. The normalized spacial score (nSPS) is 12.5. The number of aryl methyl sites for hydroxylation is 1. The van der Waals surface area contributed by atoms with E-state index in [9.17, 15) is 4.79 Å². The molecule has 0 aromatic carbocycles. The summed E-state index contributed by atoms with van der Waals surface area (Å²) in [6, 6.07) is 1.91. The Morgan fingerprint density at radius 2 is 2.35 bits per heavy atom. The molecule has 1 atom stereocenters. The summed E-state index contributed by atoms with van der Waals surface area (Å²) in [5, 5.41) is 2.93. The smallest absolute Gasteiger partial charge is 0.261 e. The molecule has 1 N–H and O–H groups in total. The molecule has 1 heterocycles. The van der Waals surface area contributed by atoms with Crippen LogP contribution in [0.2, 0.25) is 0 Å². The van der Waals surface area contributed by atoms with Crippen molar-refractivity contribution in [1.29, 1.82) is 0 Å². The van der Waals surface area contributed by atoms with E-state index in [1.807, 2.05) is 13.0 Å². The van der Waals surface area contributed by atoms with Gasteiger partial charge in [-0.3, -0.25) is 4.79 Å². The number of nitrogens with one attached hydrogen (secondary N) is 1. The summed E-state index contributed by atoms with van der Waals surface area (Å²) in [5.41, 5.74) is 1.11. The van der Waals surface area contributed by atoms with Crippen LogP contribution in [-0.4, -0.2) is 18.3 Å². The van der Waals surface area contributed by atoms with Crippen LogP contribution in [0, 0.1) is 12.8 Å². The number of thiophene rings is 1. The van der Waals surface area contributed by atoms with Crippen LogP contribution in [0.15, 0.2) is 9.85 Å². The van der Waals surface area contributed by atoms with E-state index in [1.165, 1.54) is 11.3 Å². The third kappa shape index (κ3) is 4.98. The molecule has 1 aromatic heterocycles. The van der Waals surface area contributed by atoms with Crippen molar-refractivity contribution in [3.05, 3.63) is 20.3 Å². The molecule has 1 rings (SSSR count). The molecule has 0 aliphatic rings. The molecular formula is C12H17BrClNOS. The summed E-state index contributed by atoms with van der Waals surface area (Å²) in [5.74, 6) is 1.22. The maximum atomic E-state index is 11.8. The number of hydrogen-bond donors (Lipinski definition) is 1.